The molecule has 2 aromatic carbocycles. The molecule has 0 fully saturated rings. The van der Waals surface area contributed by atoms with Gasteiger partial charge in [-0.3, -0.25) is 0 Å². The molecule has 3 nitrogen and oxygen atoms in total. The molecule has 21 heavy (non-hydrogen) atoms. The lowest BCUT2D eigenvalue weighted by atomic mass is 10.2. The van der Waals surface area contributed by atoms with Gasteiger partial charge < -0.3 is 10.5 Å². The highest BCUT2D eigenvalue weighted by atomic mass is 35.5. The van der Waals surface area contributed by atoms with Crippen molar-refractivity contribution in [2.75, 3.05) is 5.73 Å². The molecule has 0 saturated carbocycles. The first kappa shape index (κ1) is 15.9. The van der Waals surface area contributed by atoms with E-state index in [9.17, 15) is 9.18 Å². The number of carbonyl (C=O) groups is 1. The standard InChI is InChI=1S/C14H9Cl3FNO2/c15-9-1-2-11(18)8(3-9)6-21-14(20)7-4-10(16)13(17)12(19)5-7/h1-5H,6,19H2. The summed E-state index contributed by atoms with van der Waals surface area (Å²) < 4.78 is 18.5. The lowest BCUT2D eigenvalue weighted by Gasteiger charge is -2.08. The van der Waals surface area contributed by atoms with E-state index >= 15 is 0 Å². The number of ether oxygens (including phenoxy) is 1. The number of esters is 1. The van der Waals surface area contributed by atoms with Crippen LogP contribution in [-0.2, 0) is 11.3 Å². The van der Waals surface area contributed by atoms with Crippen LogP contribution in [0.25, 0.3) is 0 Å². The first-order valence-electron chi connectivity index (χ1n) is 5.74. The summed E-state index contributed by atoms with van der Waals surface area (Å²) in [6.45, 7) is -0.259. The van der Waals surface area contributed by atoms with Gasteiger partial charge in [-0.2, -0.15) is 0 Å². The molecule has 0 unspecified atom stereocenters. The lowest BCUT2D eigenvalue weighted by Crippen LogP contribution is -2.07. The topological polar surface area (TPSA) is 52.3 Å². The van der Waals surface area contributed by atoms with E-state index in [0.717, 1.165) is 0 Å². The van der Waals surface area contributed by atoms with E-state index in [4.69, 9.17) is 45.3 Å². The monoisotopic (exact) mass is 347 g/mol. The molecule has 2 N–H and O–H groups in total. The van der Waals surface area contributed by atoms with Crippen LogP contribution in [0.5, 0.6) is 0 Å². The predicted molar refractivity (Wildman–Crippen MR) is 81.4 cm³/mol. The van der Waals surface area contributed by atoms with Crippen LogP contribution in [0.3, 0.4) is 0 Å². The number of nitrogen functional groups attached to an aromatic ring is 1. The summed E-state index contributed by atoms with van der Waals surface area (Å²) in [5.74, 6) is -1.21. The zero-order valence-electron chi connectivity index (χ0n) is 10.5. The number of carbonyl (C=O) groups excluding carboxylic acids is 1. The van der Waals surface area contributed by atoms with Crippen molar-refractivity contribution in [3.8, 4) is 0 Å². The minimum atomic E-state index is -0.695. The fraction of sp³-hybridized carbons (Fsp3) is 0.0714. The largest absolute Gasteiger partial charge is 0.457 e. The summed E-state index contributed by atoms with van der Waals surface area (Å²) in [6.07, 6.45) is 0. The Morgan fingerprint density at radius 2 is 1.90 bits per heavy atom. The number of halogens is 4. The molecule has 0 aliphatic rings. The third-order valence-corrected chi connectivity index (χ3v) is 3.71. The van der Waals surface area contributed by atoms with Gasteiger partial charge in [0, 0.05) is 10.6 Å². The maximum atomic E-state index is 13.5. The summed E-state index contributed by atoms with van der Waals surface area (Å²) in [5.41, 5.74) is 6.07. The lowest BCUT2D eigenvalue weighted by molar-refractivity contribution is 0.0469. The van der Waals surface area contributed by atoms with Gasteiger partial charge in [0.2, 0.25) is 0 Å². The summed E-state index contributed by atoms with van der Waals surface area (Å²) in [4.78, 5) is 11.9. The third-order valence-electron chi connectivity index (χ3n) is 2.66. The van der Waals surface area contributed by atoms with Crippen molar-refractivity contribution >= 4 is 46.5 Å². The SMILES string of the molecule is Nc1cc(C(=O)OCc2cc(Cl)ccc2F)cc(Cl)c1Cl. The molecular formula is C14H9Cl3FNO2. The van der Waals surface area contributed by atoms with Gasteiger partial charge >= 0.3 is 5.97 Å². The maximum absolute atomic E-state index is 13.5. The highest BCUT2D eigenvalue weighted by molar-refractivity contribution is 6.43. The van der Waals surface area contributed by atoms with Crippen molar-refractivity contribution in [2.24, 2.45) is 0 Å². The van der Waals surface area contributed by atoms with Crippen molar-refractivity contribution in [2.45, 2.75) is 6.61 Å². The van der Waals surface area contributed by atoms with Crippen LogP contribution in [0.1, 0.15) is 15.9 Å². The summed E-state index contributed by atoms with van der Waals surface area (Å²) in [7, 11) is 0. The van der Waals surface area contributed by atoms with Crippen molar-refractivity contribution in [1.29, 1.82) is 0 Å². The van der Waals surface area contributed by atoms with Crippen LogP contribution in [0.2, 0.25) is 15.1 Å². The van der Waals surface area contributed by atoms with Gasteiger partial charge in [0.05, 0.1) is 21.3 Å². The fourth-order valence-corrected chi connectivity index (χ4v) is 2.14. The van der Waals surface area contributed by atoms with Gasteiger partial charge in [0.15, 0.2) is 0 Å². The minimum absolute atomic E-state index is 0.129. The molecule has 7 heteroatoms. The van der Waals surface area contributed by atoms with Crippen LogP contribution in [0.4, 0.5) is 10.1 Å². The van der Waals surface area contributed by atoms with Gasteiger partial charge in [-0.15, -0.1) is 0 Å². The molecule has 0 spiro atoms. The number of hydrogen-bond donors (Lipinski definition) is 1. The number of hydrogen-bond acceptors (Lipinski definition) is 3. The summed E-state index contributed by atoms with van der Waals surface area (Å²) in [6, 6.07) is 6.65. The predicted octanol–water partition coefficient (Wildman–Crippen LogP) is 4.73. The van der Waals surface area contributed by atoms with Gasteiger partial charge in [-0.1, -0.05) is 34.8 Å². The molecule has 0 radical (unpaired) electrons. The van der Waals surface area contributed by atoms with Gasteiger partial charge in [-0.25, -0.2) is 9.18 Å². The van der Waals surface area contributed by atoms with E-state index in [-0.39, 0.29) is 33.5 Å². The Balaban J connectivity index is 2.13. The van der Waals surface area contributed by atoms with E-state index in [0.29, 0.717) is 5.02 Å². The van der Waals surface area contributed by atoms with Crippen molar-refractivity contribution in [3.63, 3.8) is 0 Å². The Hall–Kier alpha value is -1.49. The average molecular weight is 349 g/mol. The van der Waals surface area contributed by atoms with Crippen molar-refractivity contribution in [1.82, 2.24) is 0 Å². The van der Waals surface area contributed by atoms with Crippen LogP contribution in [0.15, 0.2) is 30.3 Å². The molecule has 0 aliphatic carbocycles. The molecule has 0 amide bonds. The normalized spacial score (nSPS) is 10.5. The number of nitrogens with two attached hydrogens (primary N) is 1. The molecule has 0 aromatic heterocycles. The van der Waals surface area contributed by atoms with Crippen molar-refractivity contribution < 1.29 is 13.9 Å². The molecule has 0 aliphatic heterocycles. The number of anilines is 1. The molecule has 0 atom stereocenters. The molecule has 0 heterocycles. The third kappa shape index (κ3) is 3.79. The Bertz CT molecular complexity index is 684. The highest BCUT2D eigenvalue weighted by Gasteiger charge is 2.13. The van der Waals surface area contributed by atoms with Gasteiger partial charge in [-0.05, 0) is 30.3 Å². The fourth-order valence-electron chi connectivity index (χ4n) is 1.61. The molecule has 110 valence electrons. The number of benzene rings is 2. The molecular weight excluding hydrogens is 340 g/mol. The minimum Gasteiger partial charge on any atom is -0.457 e. The van der Waals surface area contributed by atoms with E-state index < -0.39 is 11.8 Å². The van der Waals surface area contributed by atoms with Crippen LogP contribution in [0, 0.1) is 5.82 Å². The molecule has 2 rings (SSSR count). The zero-order valence-corrected chi connectivity index (χ0v) is 12.8. The van der Waals surface area contributed by atoms with Gasteiger partial charge in [0.1, 0.15) is 12.4 Å². The van der Waals surface area contributed by atoms with Gasteiger partial charge in [0.25, 0.3) is 0 Å². The highest BCUT2D eigenvalue weighted by Crippen LogP contribution is 2.29. The first-order chi connectivity index (χ1) is 9.88. The quantitative estimate of drug-likeness (QED) is 0.644. The first-order valence-corrected chi connectivity index (χ1v) is 6.87. The van der Waals surface area contributed by atoms with Crippen LogP contribution in [-0.4, -0.2) is 5.97 Å². The van der Waals surface area contributed by atoms with Crippen LogP contribution < -0.4 is 5.73 Å². The van der Waals surface area contributed by atoms with E-state index in [1.807, 2.05) is 0 Å². The average Bonchev–Trinajstić information content (AvgIpc) is 2.44. The Morgan fingerprint density at radius 1 is 1.19 bits per heavy atom. The molecule has 0 bridgehead atoms. The van der Waals surface area contributed by atoms with E-state index in [2.05, 4.69) is 0 Å². The number of rotatable bonds is 3. The second kappa shape index (κ2) is 6.52. The molecule has 0 saturated heterocycles. The second-order valence-electron chi connectivity index (χ2n) is 4.17. The molecule has 2 aromatic rings. The van der Waals surface area contributed by atoms with Crippen LogP contribution >= 0.6 is 34.8 Å². The van der Waals surface area contributed by atoms with E-state index in [1.54, 1.807) is 0 Å². The Morgan fingerprint density at radius 3 is 2.57 bits per heavy atom. The summed E-state index contributed by atoms with van der Waals surface area (Å²) in [5, 5.41) is 0.646. The smallest absolute Gasteiger partial charge is 0.338 e. The van der Waals surface area contributed by atoms with E-state index in [1.165, 1.54) is 30.3 Å². The Labute approximate surface area is 135 Å². The Kier molecular flexibility index (Phi) is 4.93. The zero-order chi connectivity index (χ0) is 15.6. The summed E-state index contributed by atoms with van der Waals surface area (Å²) >= 11 is 17.4. The second-order valence-corrected chi connectivity index (χ2v) is 5.39. The van der Waals surface area contributed by atoms with Crippen molar-refractivity contribution in [3.05, 3.63) is 62.3 Å². The maximum Gasteiger partial charge on any atom is 0.338 e.